The number of carbonyl (C=O) groups excluding carboxylic acids is 1. The third-order valence-corrected chi connectivity index (χ3v) is 3.84. The number of nitrogens with one attached hydrogen (secondary N) is 1. The van der Waals surface area contributed by atoms with Crippen molar-refractivity contribution in [2.45, 2.75) is 12.8 Å². The van der Waals surface area contributed by atoms with Crippen LogP contribution in [-0.4, -0.2) is 29.7 Å². The van der Waals surface area contributed by atoms with Crippen LogP contribution in [0.3, 0.4) is 0 Å². The van der Waals surface area contributed by atoms with Gasteiger partial charge >= 0.3 is 0 Å². The number of carbonyl (C=O) groups is 1. The van der Waals surface area contributed by atoms with Gasteiger partial charge in [0.1, 0.15) is 5.69 Å². The number of hydrogen-bond acceptors (Lipinski definition) is 3. The highest BCUT2D eigenvalue weighted by Crippen LogP contribution is 2.28. The van der Waals surface area contributed by atoms with Crippen LogP contribution in [0.25, 0.3) is 22.0 Å². The van der Waals surface area contributed by atoms with Crippen LogP contribution in [0, 0.1) is 11.6 Å². The van der Waals surface area contributed by atoms with Crippen molar-refractivity contribution < 1.29 is 18.3 Å². The van der Waals surface area contributed by atoms with Crippen LogP contribution in [0.15, 0.2) is 36.4 Å². The molecule has 0 aliphatic rings. The van der Waals surface area contributed by atoms with Crippen LogP contribution in [0.5, 0.6) is 0 Å². The summed E-state index contributed by atoms with van der Waals surface area (Å²) in [5, 5.41) is 7.46. The zero-order valence-corrected chi connectivity index (χ0v) is 13.1. The van der Waals surface area contributed by atoms with Gasteiger partial charge in [-0.25, -0.2) is 8.78 Å². The Morgan fingerprint density at radius 3 is 2.88 bits per heavy atom. The maximum absolute atomic E-state index is 14.0. The van der Waals surface area contributed by atoms with E-state index in [9.17, 15) is 13.6 Å². The van der Waals surface area contributed by atoms with Crippen molar-refractivity contribution in [1.82, 2.24) is 10.2 Å². The first-order valence-electron chi connectivity index (χ1n) is 7.56. The first-order chi connectivity index (χ1) is 11.6. The molecule has 0 fully saturated rings. The summed E-state index contributed by atoms with van der Waals surface area (Å²) in [6, 6.07) is 9.04. The van der Waals surface area contributed by atoms with Crippen molar-refractivity contribution in [2.75, 3.05) is 13.7 Å². The van der Waals surface area contributed by atoms with Crippen LogP contribution in [0.4, 0.5) is 8.78 Å². The van der Waals surface area contributed by atoms with E-state index in [1.165, 1.54) is 12.1 Å². The Morgan fingerprint density at radius 1 is 1.25 bits per heavy atom. The van der Waals surface area contributed by atoms with Gasteiger partial charge in [-0.05, 0) is 30.2 Å². The lowest BCUT2D eigenvalue weighted by Crippen LogP contribution is -2.02. The minimum absolute atomic E-state index is 0.116. The van der Waals surface area contributed by atoms with Crippen molar-refractivity contribution in [3.63, 3.8) is 0 Å². The zero-order chi connectivity index (χ0) is 17.1. The number of benzene rings is 2. The topological polar surface area (TPSA) is 55.0 Å². The molecule has 0 aliphatic heterocycles. The highest BCUT2D eigenvalue weighted by Gasteiger charge is 2.16. The molecule has 1 heterocycles. The van der Waals surface area contributed by atoms with Crippen molar-refractivity contribution >= 4 is 16.7 Å². The summed E-state index contributed by atoms with van der Waals surface area (Å²) in [6.07, 6.45) is 0.911. The molecule has 4 nitrogen and oxygen atoms in total. The number of rotatable bonds is 6. The van der Waals surface area contributed by atoms with Gasteiger partial charge in [0, 0.05) is 31.1 Å². The predicted octanol–water partition coefficient (Wildman–Crippen LogP) is 4.12. The number of Topliss-reactive ketones (excluding diaryl/α,β-unsaturated/α-hetero) is 1. The van der Waals surface area contributed by atoms with Crippen molar-refractivity contribution in [3.05, 3.63) is 53.7 Å². The summed E-state index contributed by atoms with van der Waals surface area (Å²) < 4.78 is 32.4. The van der Waals surface area contributed by atoms with Gasteiger partial charge in [-0.3, -0.25) is 9.89 Å². The molecule has 0 spiro atoms. The second-order valence-corrected chi connectivity index (χ2v) is 5.45. The Balaban J connectivity index is 2.00. The number of ketones is 1. The van der Waals surface area contributed by atoms with Gasteiger partial charge in [-0.15, -0.1) is 0 Å². The predicted molar refractivity (Wildman–Crippen MR) is 86.9 cm³/mol. The van der Waals surface area contributed by atoms with Gasteiger partial charge in [-0.1, -0.05) is 18.2 Å². The average molecular weight is 330 g/mol. The lowest BCUT2D eigenvalue weighted by atomic mass is 10.0. The number of aromatic nitrogens is 2. The molecular formula is C18H16F2N2O2. The second-order valence-electron chi connectivity index (χ2n) is 5.45. The molecule has 0 unspecified atom stereocenters. The Labute approximate surface area is 137 Å². The molecule has 0 amide bonds. The second kappa shape index (κ2) is 6.88. The number of aromatic amines is 1. The summed E-state index contributed by atoms with van der Waals surface area (Å²) >= 11 is 0. The van der Waals surface area contributed by atoms with Gasteiger partial charge < -0.3 is 4.74 Å². The molecule has 1 aromatic heterocycles. The smallest absolute Gasteiger partial charge is 0.183 e. The number of nitrogens with zero attached hydrogens (tertiary/aromatic N) is 1. The molecule has 3 aromatic rings. The van der Waals surface area contributed by atoms with E-state index in [1.807, 2.05) is 0 Å². The van der Waals surface area contributed by atoms with E-state index in [2.05, 4.69) is 10.2 Å². The lowest BCUT2D eigenvalue weighted by molar-refractivity contribution is 0.0960. The van der Waals surface area contributed by atoms with E-state index in [0.717, 1.165) is 6.07 Å². The van der Waals surface area contributed by atoms with Crippen LogP contribution < -0.4 is 0 Å². The van der Waals surface area contributed by atoms with E-state index in [4.69, 9.17) is 4.74 Å². The van der Waals surface area contributed by atoms with Gasteiger partial charge in [0.2, 0.25) is 0 Å². The average Bonchev–Trinajstić information content (AvgIpc) is 3.00. The fourth-order valence-electron chi connectivity index (χ4n) is 2.62. The molecule has 1 N–H and O–H groups in total. The third-order valence-electron chi connectivity index (χ3n) is 3.84. The Kier molecular flexibility index (Phi) is 4.66. The monoisotopic (exact) mass is 330 g/mol. The molecule has 0 bridgehead atoms. The molecule has 0 saturated heterocycles. The number of hydrogen-bond donors (Lipinski definition) is 1. The molecule has 2 aromatic carbocycles. The number of H-pyrrole nitrogens is 1. The number of ether oxygens (including phenoxy) is 1. The van der Waals surface area contributed by atoms with E-state index < -0.39 is 11.6 Å². The molecule has 0 aliphatic carbocycles. The molecular weight excluding hydrogens is 314 g/mol. The van der Waals surface area contributed by atoms with Crippen molar-refractivity contribution in [2.24, 2.45) is 0 Å². The maximum Gasteiger partial charge on any atom is 0.183 e. The fraction of sp³-hybridized carbons (Fsp3) is 0.222. The summed E-state index contributed by atoms with van der Waals surface area (Å²) in [6.45, 7) is 0.494. The third kappa shape index (κ3) is 3.05. The molecule has 3 rings (SSSR count). The minimum atomic E-state index is -0.909. The minimum Gasteiger partial charge on any atom is -0.385 e. The summed E-state index contributed by atoms with van der Waals surface area (Å²) in [5.41, 5.74) is 1.62. The van der Waals surface area contributed by atoms with Crippen molar-refractivity contribution in [3.8, 4) is 11.1 Å². The van der Waals surface area contributed by atoms with Crippen LogP contribution in [-0.2, 0) is 4.74 Å². The SMILES string of the molecule is COCCCC(=O)c1n[nH]c2ccc(-c3cccc(F)c3F)cc12. The Hall–Kier alpha value is -2.60. The Bertz CT molecular complexity index is 890. The normalized spacial score (nSPS) is 11.1. The van der Waals surface area contributed by atoms with Gasteiger partial charge in [0.05, 0.1) is 5.52 Å². The largest absolute Gasteiger partial charge is 0.385 e. The molecule has 0 saturated carbocycles. The van der Waals surface area contributed by atoms with E-state index in [-0.39, 0.29) is 11.3 Å². The van der Waals surface area contributed by atoms with E-state index in [1.54, 1.807) is 25.3 Å². The number of halogens is 2. The highest BCUT2D eigenvalue weighted by molar-refractivity contribution is 6.06. The standard InChI is InChI=1S/C18H16F2N2O2/c1-24-9-3-6-16(23)18-13-10-11(7-8-15(13)21-22-18)12-4-2-5-14(19)17(12)20/h2,4-5,7-8,10H,3,6,9H2,1H3,(H,21,22). The molecule has 24 heavy (non-hydrogen) atoms. The number of fused-ring (bicyclic) bond motifs is 1. The van der Waals surface area contributed by atoms with Crippen LogP contribution >= 0.6 is 0 Å². The Morgan fingerprint density at radius 2 is 2.08 bits per heavy atom. The molecule has 124 valence electrons. The zero-order valence-electron chi connectivity index (χ0n) is 13.1. The maximum atomic E-state index is 14.0. The quantitative estimate of drug-likeness (QED) is 0.546. The fourth-order valence-corrected chi connectivity index (χ4v) is 2.62. The first kappa shape index (κ1) is 16.3. The van der Waals surface area contributed by atoms with Gasteiger partial charge in [0.25, 0.3) is 0 Å². The van der Waals surface area contributed by atoms with Crippen LogP contribution in [0.2, 0.25) is 0 Å². The van der Waals surface area contributed by atoms with Gasteiger partial charge in [0.15, 0.2) is 17.4 Å². The van der Waals surface area contributed by atoms with Gasteiger partial charge in [-0.2, -0.15) is 5.10 Å². The number of methoxy groups -OCH3 is 1. The summed E-state index contributed by atoms with van der Waals surface area (Å²) in [4.78, 5) is 12.3. The molecule has 0 atom stereocenters. The molecule has 6 heteroatoms. The first-order valence-corrected chi connectivity index (χ1v) is 7.56. The summed E-state index contributed by atoms with van der Waals surface area (Å²) in [5.74, 6) is -1.93. The highest BCUT2D eigenvalue weighted by atomic mass is 19.2. The molecule has 0 radical (unpaired) electrons. The van der Waals surface area contributed by atoms with E-state index >= 15 is 0 Å². The van der Waals surface area contributed by atoms with Crippen molar-refractivity contribution in [1.29, 1.82) is 0 Å². The summed E-state index contributed by atoms with van der Waals surface area (Å²) in [7, 11) is 1.58. The van der Waals surface area contributed by atoms with Crippen LogP contribution in [0.1, 0.15) is 23.3 Å². The van der Waals surface area contributed by atoms with E-state index in [0.29, 0.717) is 41.6 Å². The lowest BCUT2D eigenvalue weighted by Gasteiger charge is -2.05.